The highest BCUT2D eigenvalue weighted by Gasteiger charge is 2.32. The van der Waals surface area contributed by atoms with Crippen LogP contribution in [0.2, 0.25) is 0 Å². The zero-order valence-electron chi connectivity index (χ0n) is 12.5. The van der Waals surface area contributed by atoms with Crippen LogP contribution in [-0.2, 0) is 15.6 Å². The van der Waals surface area contributed by atoms with Crippen LogP contribution in [0.25, 0.3) is 0 Å². The Morgan fingerprint density at radius 1 is 1.43 bits per heavy atom. The van der Waals surface area contributed by atoms with E-state index in [1.54, 1.807) is 4.31 Å². The van der Waals surface area contributed by atoms with Crippen LogP contribution >= 0.6 is 15.9 Å². The molecule has 1 aliphatic heterocycles. The molecule has 2 unspecified atom stereocenters. The third-order valence-electron chi connectivity index (χ3n) is 4.15. The minimum Gasteiger partial charge on any atom is -0.322 e. The summed E-state index contributed by atoms with van der Waals surface area (Å²) >= 11 is 3.55. The predicted molar refractivity (Wildman–Crippen MR) is 89.4 cm³/mol. The van der Waals surface area contributed by atoms with Gasteiger partial charge in [0.2, 0.25) is 10.0 Å². The largest absolute Gasteiger partial charge is 0.322 e. The maximum atomic E-state index is 11.7. The molecule has 1 saturated heterocycles. The van der Waals surface area contributed by atoms with Crippen LogP contribution in [0.5, 0.6) is 0 Å². The Morgan fingerprint density at radius 2 is 2.10 bits per heavy atom. The van der Waals surface area contributed by atoms with Crippen LogP contribution in [0.3, 0.4) is 0 Å². The topological polar surface area (TPSA) is 63.4 Å². The zero-order valence-corrected chi connectivity index (χ0v) is 15.0. The number of nitrogens with zero attached hydrogens (tertiary/aromatic N) is 1. The van der Waals surface area contributed by atoms with Gasteiger partial charge in [-0.15, -0.1) is 0 Å². The van der Waals surface area contributed by atoms with Crippen molar-refractivity contribution in [1.29, 1.82) is 0 Å². The van der Waals surface area contributed by atoms with E-state index < -0.39 is 15.6 Å². The second-order valence-corrected chi connectivity index (χ2v) is 9.07. The van der Waals surface area contributed by atoms with Crippen molar-refractivity contribution >= 4 is 26.0 Å². The first kappa shape index (κ1) is 16.9. The van der Waals surface area contributed by atoms with Crippen molar-refractivity contribution in [1.82, 2.24) is 4.31 Å². The van der Waals surface area contributed by atoms with Gasteiger partial charge >= 0.3 is 0 Å². The van der Waals surface area contributed by atoms with Crippen LogP contribution in [0.1, 0.15) is 31.7 Å². The molecule has 1 aromatic rings. The standard InChI is InChI=1S/C15H23BrN2O2S/c1-15(17,13-7-3-4-8-14(13)16)10-12-6-5-9-18(11-12)21(2,19)20/h3-4,7-8,12H,5-6,9-11,17H2,1-2H3. The molecule has 1 fully saturated rings. The summed E-state index contributed by atoms with van der Waals surface area (Å²) in [7, 11) is -3.10. The first-order valence-corrected chi connectivity index (χ1v) is 9.83. The van der Waals surface area contributed by atoms with E-state index in [4.69, 9.17) is 5.73 Å². The molecule has 2 atom stereocenters. The summed E-state index contributed by atoms with van der Waals surface area (Å²) in [6.07, 6.45) is 4.00. The molecular weight excluding hydrogens is 352 g/mol. The first-order valence-electron chi connectivity index (χ1n) is 7.19. The summed E-state index contributed by atoms with van der Waals surface area (Å²) < 4.78 is 26.0. The van der Waals surface area contributed by atoms with Crippen molar-refractivity contribution in [2.24, 2.45) is 11.7 Å². The molecule has 21 heavy (non-hydrogen) atoms. The zero-order chi connectivity index (χ0) is 15.7. The smallest absolute Gasteiger partial charge is 0.211 e. The quantitative estimate of drug-likeness (QED) is 0.880. The minimum atomic E-state index is -3.10. The number of halogens is 1. The molecule has 0 aromatic heterocycles. The molecule has 2 N–H and O–H groups in total. The minimum absolute atomic E-state index is 0.301. The van der Waals surface area contributed by atoms with E-state index in [9.17, 15) is 8.42 Å². The van der Waals surface area contributed by atoms with Crippen LogP contribution in [0.15, 0.2) is 28.7 Å². The Morgan fingerprint density at radius 3 is 2.71 bits per heavy atom. The third-order valence-corrected chi connectivity index (χ3v) is 6.11. The summed E-state index contributed by atoms with van der Waals surface area (Å²) in [6.45, 7) is 3.23. The van der Waals surface area contributed by atoms with Gasteiger partial charge in [-0.2, -0.15) is 0 Å². The molecule has 0 radical (unpaired) electrons. The Kier molecular flexibility index (Phi) is 5.13. The second-order valence-electron chi connectivity index (χ2n) is 6.23. The Hall–Kier alpha value is -0.430. The van der Waals surface area contributed by atoms with Crippen molar-refractivity contribution in [3.63, 3.8) is 0 Å². The molecule has 6 heteroatoms. The maximum absolute atomic E-state index is 11.7. The van der Waals surface area contributed by atoms with Crippen LogP contribution in [0, 0.1) is 5.92 Å². The van der Waals surface area contributed by atoms with Gasteiger partial charge in [0.1, 0.15) is 0 Å². The Balaban J connectivity index is 2.12. The lowest BCUT2D eigenvalue weighted by Gasteiger charge is -2.36. The summed E-state index contributed by atoms with van der Waals surface area (Å²) in [5.41, 5.74) is 7.13. The molecule has 0 bridgehead atoms. The van der Waals surface area contributed by atoms with Gasteiger partial charge in [0.15, 0.2) is 0 Å². The van der Waals surface area contributed by atoms with Crippen LogP contribution < -0.4 is 5.73 Å². The Bertz CT molecular complexity index is 601. The lowest BCUT2D eigenvalue weighted by Crippen LogP contribution is -2.43. The summed E-state index contributed by atoms with van der Waals surface area (Å²) in [6, 6.07) is 7.97. The summed E-state index contributed by atoms with van der Waals surface area (Å²) in [5.74, 6) is 0.301. The highest BCUT2D eigenvalue weighted by atomic mass is 79.9. The van der Waals surface area contributed by atoms with Crippen molar-refractivity contribution in [2.75, 3.05) is 19.3 Å². The average Bonchev–Trinajstić information content (AvgIpc) is 2.37. The van der Waals surface area contributed by atoms with E-state index in [1.165, 1.54) is 6.26 Å². The van der Waals surface area contributed by atoms with Crippen molar-refractivity contribution in [3.05, 3.63) is 34.3 Å². The van der Waals surface area contributed by atoms with E-state index in [0.29, 0.717) is 19.0 Å². The highest BCUT2D eigenvalue weighted by Crippen LogP contribution is 2.34. The SMILES string of the molecule is CC(N)(CC1CCCN(S(C)(=O)=O)C1)c1ccccc1Br. The average molecular weight is 375 g/mol. The van der Waals surface area contributed by atoms with E-state index in [1.807, 2.05) is 31.2 Å². The van der Waals surface area contributed by atoms with E-state index in [-0.39, 0.29) is 0 Å². The van der Waals surface area contributed by atoms with Crippen molar-refractivity contribution < 1.29 is 8.42 Å². The van der Waals surface area contributed by atoms with E-state index in [0.717, 1.165) is 29.3 Å². The Labute approximate surface area is 135 Å². The van der Waals surface area contributed by atoms with Crippen molar-refractivity contribution in [3.8, 4) is 0 Å². The van der Waals surface area contributed by atoms with Gasteiger partial charge < -0.3 is 5.73 Å². The number of sulfonamides is 1. The fourth-order valence-electron chi connectivity index (χ4n) is 3.13. The normalized spacial score (nSPS) is 23.7. The number of piperidine rings is 1. The maximum Gasteiger partial charge on any atom is 0.211 e. The first-order chi connectivity index (χ1) is 9.70. The summed E-state index contributed by atoms with van der Waals surface area (Å²) in [5, 5.41) is 0. The lowest BCUT2D eigenvalue weighted by molar-refractivity contribution is 0.221. The molecule has 1 aliphatic rings. The van der Waals surface area contributed by atoms with Gasteiger partial charge in [0.25, 0.3) is 0 Å². The molecule has 0 amide bonds. The number of hydrogen-bond acceptors (Lipinski definition) is 3. The highest BCUT2D eigenvalue weighted by molar-refractivity contribution is 9.10. The molecular formula is C15H23BrN2O2S. The number of rotatable bonds is 4. The number of nitrogens with two attached hydrogens (primary N) is 1. The van der Waals surface area contributed by atoms with Crippen LogP contribution in [0.4, 0.5) is 0 Å². The van der Waals surface area contributed by atoms with Gasteiger partial charge in [-0.1, -0.05) is 34.1 Å². The number of hydrogen-bond donors (Lipinski definition) is 1. The molecule has 0 aliphatic carbocycles. The van der Waals surface area contributed by atoms with Crippen molar-refractivity contribution in [2.45, 2.75) is 31.7 Å². The summed E-state index contributed by atoms with van der Waals surface area (Å²) in [4.78, 5) is 0. The third kappa shape index (κ3) is 4.28. The monoisotopic (exact) mass is 374 g/mol. The number of benzene rings is 1. The second kappa shape index (κ2) is 6.36. The molecule has 0 saturated carbocycles. The molecule has 1 heterocycles. The molecule has 0 spiro atoms. The van der Waals surface area contributed by atoms with E-state index in [2.05, 4.69) is 15.9 Å². The molecule has 4 nitrogen and oxygen atoms in total. The van der Waals surface area contributed by atoms with Gasteiger partial charge in [0.05, 0.1) is 6.26 Å². The molecule has 1 aromatic carbocycles. The fraction of sp³-hybridized carbons (Fsp3) is 0.600. The van der Waals surface area contributed by atoms with Gasteiger partial charge in [0, 0.05) is 23.1 Å². The van der Waals surface area contributed by atoms with Gasteiger partial charge in [-0.3, -0.25) is 0 Å². The molecule has 2 rings (SSSR count). The van der Waals surface area contributed by atoms with Gasteiger partial charge in [-0.25, -0.2) is 12.7 Å². The fourth-order valence-corrected chi connectivity index (χ4v) is 4.81. The van der Waals surface area contributed by atoms with E-state index >= 15 is 0 Å². The van der Waals surface area contributed by atoms with Crippen LogP contribution in [-0.4, -0.2) is 32.1 Å². The lowest BCUT2D eigenvalue weighted by atomic mass is 9.81. The van der Waals surface area contributed by atoms with Gasteiger partial charge in [-0.05, 0) is 43.7 Å². The molecule has 118 valence electrons. The predicted octanol–water partition coefficient (Wildman–Crippen LogP) is 2.68.